The SMILES string of the molecule is N=C(N)c1ccc(CNC(=O)c2cc3c(o2)C=CCC3)cc1. The minimum Gasteiger partial charge on any atom is -0.451 e. The lowest BCUT2D eigenvalue weighted by Gasteiger charge is -2.04. The highest BCUT2D eigenvalue weighted by Crippen LogP contribution is 2.23. The number of rotatable bonds is 4. The molecule has 1 aliphatic carbocycles. The molecule has 1 aliphatic rings. The minimum absolute atomic E-state index is 0.0322. The Kier molecular flexibility index (Phi) is 3.78. The van der Waals surface area contributed by atoms with Crippen molar-refractivity contribution < 1.29 is 9.21 Å². The fourth-order valence-corrected chi connectivity index (χ4v) is 2.39. The van der Waals surface area contributed by atoms with Crippen LogP contribution in [0.15, 0.2) is 40.8 Å². The first kappa shape index (κ1) is 14.1. The molecule has 2 aromatic rings. The van der Waals surface area contributed by atoms with Crippen LogP contribution in [0.25, 0.3) is 6.08 Å². The minimum atomic E-state index is -0.224. The number of hydrogen-bond acceptors (Lipinski definition) is 3. The number of amidine groups is 1. The number of carbonyl (C=O) groups excluding carboxylic acids is 1. The van der Waals surface area contributed by atoms with Crippen LogP contribution in [0, 0.1) is 5.41 Å². The summed E-state index contributed by atoms with van der Waals surface area (Å²) in [5, 5.41) is 10.2. The predicted octanol–water partition coefficient (Wildman–Crippen LogP) is 2.45. The molecule has 1 heterocycles. The third-order valence-corrected chi connectivity index (χ3v) is 3.63. The van der Waals surface area contributed by atoms with Crippen molar-refractivity contribution in [2.24, 2.45) is 5.73 Å². The molecule has 5 nitrogen and oxygen atoms in total. The molecule has 3 rings (SSSR count). The van der Waals surface area contributed by atoms with Gasteiger partial charge in [0.2, 0.25) is 0 Å². The molecule has 1 aromatic heterocycles. The zero-order chi connectivity index (χ0) is 15.5. The van der Waals surface area contributed by atoms with Gasteiger partial charge in [0.1, 0.15) is 11.6 Å². The quantitative estimate of drug-likeness (QED) is 0.597. The van der Waals surface area contributed by atoms with E-state index in [0.717, 1.165) is 29.7 Å². The van der Waals surface area contributed by atoms with E-state index in [2.05, 4.69) is 5.32 Å². The summed E-state index contributed by atoms with van der Waals surface area (Å²) >= 11 is 0. The molecule has 1 amide bonds. The number of allylic oxidation sites excluding steroid dienone is 1. The standard InChI is InChI=1S/C17H17N3O2/c18-16(19)12-7-5-11(6-8-12)10-20-17(21)15-9-13-3-1-2-4-14(13)22-15/h2,4-9H,1,3,10H2,(H3,18,19)(H,20,21). The number of benzene rings is 1. The first-order valence-electron chi connectivity index (χ1n) is 7.14. The molecule has 0 spiro atoms. The Morgan fingerprint density at radius 1 is 1.32 bits per heavy atom. The van der Waals surface area contributed by atoms with Gasteiger partial charge >= 0.3 is 0 Å². The van der Waals surface area contributed by atoms with Crippen LogP contribution in [0.5, 0.6) is 0 Å². The summed E-state index contributed by atoms with van der Waals surface area (Å²) in [6.45, 7) is 0.401. The zero-order valence-electron chi connectivity index (χ0n) is 12.1. The monoisotopic (exact) mass is 295 g/mol. The summed E-state index contributed by atoms with van der Waals surface area (Å²) in [5.74, 6) is 0.933. The van der Waals surface area contributed by atoms with Crippen molar-refractivity contribution in [2.45, 2.75) is 19.4 Å². The molecular weight excluding hydrogens is 278 g/mol. The molecular formula is C17H17N3O2. The van der Waals surface area contributed by atoms with E-state index in [0.29, 0.717) is 17.9 Å². The smallest absolute Gasteiger partial charge is 0.287 e. The van der Waals surface area contributed by atoms with Gasteiger partial charge in [0, 0.05) is 12.1 Å². The van der Waals surface area contributed by atoms with Gasteiger partial charge in [-0.2, -0.15) is 0 Å². The number of carbonyl (C=O) groups is 1. The highest BCUT2D eigenvalue weighted by Gasteiger charge is 2.16. The van der Waals surface area contributed by atoms with Crippen molar-refractivity contribution in [3.05, 3.63) is 64.6 Å². The Labute approximate surface area is 128 Å². The fourth-order valence-electron chi connectivity index (χ4n) is 2.39. The van der Waals surface area contributed by atoms with E-state index in [-0.39, 0.29) is 11.7 Å². The van der Waals surface area contributed by atoms with Gasteiger partial charge in [0.15, 0.2) is 5.76 Å². The molecule has 0 saturated carbocycles. The molecule has 112 valence electrons. The topological polar surface area (TPSA) is 92.1 Å². The van der Waals surface area contributed by atoms with Gasteiger partial charge in [0.05, 0.1) is 0 Å². The van der Waals surface area contributed by atoms with Gasteiger partial charge in [-0.25, -0.2) is 0 Å². The number of nitrogen functional groups attached to an aromatic ring is 1. The Morgan fingerprint density at radius 3 is 2.77 bits per heavy atom. The Balaban J connectivity index is 1.63. The van der Waals surface area contributed by atoms with Crippen LogP contribution in [0.3, 0.4) is 0 Å². The number of amides is 1. The van der Waals surface area contributed by atoms with Crippen molar-refractivity contribution in [3.8, 4) is 0 Å². The summed E-state index contributed by atoms with van der Waals surface area (Å²) < 4.78 is 5.56. The second-order valence-electron chi connectivity index (χ2n) is 5.23. The first-order chi connectivity index (χ1) is 10.6. The normalized spacial score (nSPS) is 12.7. The number of nitrogens with two attached hydrogens (primary N) is 1. The lowest BCUT2D eigenvalue weighted by Crippen LogP contribution is -2.22. The third kappa shape index (κ3) is 2.93. The molecule has 5 heteroatoms. The van der Waals surface area contributed by atoms with Crippen LogP contribution in [-0.4, -0.2) is 11.7 Å². The lowest BCUT2D eigenvalue weighted by atomic mass is 10.1. The number of hydrogen-bond donors (Lipinski definition) is 3. The maximum Gasteiger partial charge on any atom is 0.287 e. The summed E-state index contributed by atoms with van der Waals surface area (Å²) in [6, 6.07) is 9.02. The van der Waals surface area contributed by atoms with E-state index in [1.807, 2.05) is 30.4 Å². The Hall–Kier alpha value is -2.82. The second-order valence-corrected chi connectivity index (χ2v) is 5.23. The van der Waals surface area contributed by atoms with Crippen molar-refractivity contribution in [2.75, 3.05) is 0 Å². The Bertz CT molecular complexity index is 742. The van der Waals surface area contributed by atoms with Crippen molar-refractivity contribution in [1.29, 1.82) is 5.41 Å². The first-order valence-corrected chi connectivity index (χ1v) is 7.14. The van der Waals surface area contributed by atoms with Crippen LogP contribution >= 0.6 is 0 Å². The van der Waals surface area contributed by atoms with Gasteiger partial charge in [-0.3, -0.25) is 10.2 Å². The van der Waals surface area contributed by atoms with E-state index in [9.17, 15) is 4.79 Å². The van der Waals surface area contributed by atoms with Crippen molar-refractivity contribution in [1.82, 2.24) is 5.32 Å². The van der Waals surface area contributed by atoms with Crippen LogP contribution in [0.2, 0.25) is 0 Å². The second kappa shape index (κ2) is 5.89. The van der Waals surface area contributed by atoms with Crippen LogP contribution < -0.4 is 11.1 Å². The number of aryl methyl sites for hydroxylation is 1. The number of furan rings is 1. The van der Waals surface area contributed by atoms with E-state index >= 15 is 0 Å². The summed E-state index contributed by atoms with van der Waals surface area (Å²) in [4.78, 5) is 12.1. The molecule has 0 radical (unpaired) electrons. The molecule has 0 fully saturated rings. The van der Waals surface area contributed by atoms with Gasteiger partial charge in [0.25, 0.3) is 5.91 Å². The van der Waals surface area contributed by atoms with Crippen LogP contribution in [0.4, 0.5) is 0 Å². The molecule has 4 N–H and O–H groups in total. The molecule has 0 atom stereocenters. The summed E-state index contributed by atoms with van der Waals surface area (Å²) in [7, 11) is 0. The van der Waals surface area contributed by atoms with Gasteiger partial charge < -0.3 is 15.5 Å². The fraction of sp³-hybridized carbons (Fsp3) is 0.176. The molecule has 0 aliphatic heterocycles. The maximum absolute atomic E-state index is 12.1. The van der Waals surface area contributed by atoms with Gasteiger partial charge in [-0.05, 0) is 36.1 Å². The van der Waals surface area contributed by atoms with Crippen molar-refractivity contribution in [3.63, 3.8) is 0 Å². The average molecular weight is 295 g/mol. The molecule has 0 saturated heterocycles. The summed E-state index contributed by atoms with van der Waals surface area (Å²) in [5.41, 5.74) is 8.09. The van der Waals surface area contributed by atoms with E-state index < -0.39 is 0 Å². The van der Waals surface area contributed by atoms with Crippen molar-refractivity contribution >= 4 is 17.8 Å². The van der Waals surface area contributed by atoms with Gasteiger partial charge in [-0.1, -0.05) is 30.3 Å². The maximum atomic E-state index is 12.1. The lowest BCUT2D eigenvalue weighted by molar-refractivity contribution is 0.0922. The largest absolute Gasteiger partial charge is 0.451 e. The van der Waals surface area contributed by atoms with Crippen LogP contribution in [0.1, 0.15) is 39.4 Å². The number of nitrogens with one attached hydrogen (secondary N) is 2. The summed E-state index contributed by atoms with van der Waals surface area (Å²) in [6.07, 6.45) is 5.85. The highest BCUT2D eigenvalue weighted by atomic mass is 16.3. The van der Waals surface area contributed by atoms with E-state index in [4.69, 9.17) is 15.6 Å². The predicted molar refractivity (Wildman–Crippen MR) is 84.7 cm³/mol. The van der Waals surface area contributed by atoms with Crippen LogP contribution in [-0.2, 0) is 13.0 Å². The molecule has 0 bridgehead atoms. The van der Waals surface area contributed by atoms with E-state index in [1.54, 1.807) is 12.1 Å². The molecule has 1 aromatic carbocycles. The third-order valence-electron chi connectivity index (χ3n) is 3.63. The van der Waals surface area contributed by atoms with Gasteiger partial charge in [-0.15, -0.1) is 0 Å². The Morgan fingerprint density at radius 2 is 2.09 bits per heavy atom. The zero-order valence-corrected chi connectivity index (χ0v) is 12.1. The molecule has 0 unspecified atom stereocenters. The number of fused-ring (bicyclic) bond motifs is 1. The highest BCUT2D eigenvalue weighted by molar-refractivity contribution is 5.95. The van der Waals surface area contributed by atoms with E-state index in [1.165, 1.54) is 0 Å². The average Bonchev–Trinajstić information content (AvgIpc) is 2.97. The molecule has 22 heavy (non-hydrogen) atoms.